The van der Waals surface area contributed by atoms with Crippen LogP contribution in [0.15, 0.2) is 47.4 Å². The molecule has 0 bridgehead atoms. The summed E-state index contributed by atoms with van der Waals surface area (Å²) >= 11 is 6.00. The molecule has 5 nitrogen and oxygen atoms in total. The van der Waals surface area contributed by atoms with Crippen LogP contribution < -0.4 is 5.32 Å². The lowest BCUT2D eigenvalue weighted by Crippen LogP contribution is -2.37. The lowest BCUT2D eigenvalue weighted by molar-refractivity contribution is 0.102. The molecule has 0 aliphatic carbocycles. The fourth-order valence-electron chi connectivity index (χ4n) is 2.94. The van der Waals surface area contributed by atoms with Crippen LogP contribution in [-0.4, -0.2) is 31.7 Å². The first-order valence-electron chi connectivity index (χ1n) is 9.68. The average molecular weight is 437 g/mol. The number of benzene rings is 2. The van der Waals surface area contributed by atoms with Gasteiger partial charge in [-0.05, 0) is 60.7 Å². The van der Waals surface area contributed by atoms with Gasteiger partial charge in [-0.15, -0.1) is 0 Å². The molecule has 1 amide bonds. The number of halogens is 1. The molecule has 0 heterocycles. The molecule has 0 radical (unpaired) electrons. The van der Waals surface area contributed by atoms with E-state index in [1.54, 1.807) is 12.1 Å². The highest BCUT2D eigenvalue weighted by atomic mass is 35.5. The summed E-state index contributed by atoms with van der Waals surface area (Å²) in [6, 6.07) is 11.3. The number of anilines is 1. The molecule has 0 aliphatic rings. The Kier molecular flexibility index (Phi) is 7.86. The van der Waals surface area contributed by atoms with Gasteiger partial charge in [-0.2, -0.15) is 4.31 Å². The van der Waals surface area contributed by atoms with Gasteiger partial charge in [0.05, 0.1) is 4.90 Å². The maximum absolute atomic E-state index is 13.1. The van der Waals surface area contributed by atoms with Crippen LogP contribution in [0.1, 0.15) is 43.6 Å². The molecule has 29 heavy (non-hydrogen) atoms. The summed E-state index contributed by atoms with van der Waals surface area (Å²) in [6.45, 7) is 10.8. The van der Waals surface area contributed by atoms with E-state index in [1.807, 2.05) is 40.7 Å². The number of hydrogen-bond acceptors (Lipinski definition) is 3. The normalized spacial score (nSPS) is 12.0. The topological polar surface area (TPSA) is 66.5 Å². The van der Waals surface area contributed by atoms with Crippen LogP contribution in [0.5, 0.6) is 0 Å². The molecule has 0 fully saturated rings. The van der Waals surface area contributed by atoms with Crippen molar-refractivity contribution in [2.75, 3.05) is 18.4 Å². The lowest BCUT2D eigenvalue weighted by Gasteiger charge is -2.25. The Morgan fingerprint density at radius 2 is 1.55 bits per heavy atom. The number of aryl methyl sites for hydroxylation is 1. The molecule has 0 aromatic heterocycles. The van der Waals surface area contributed by atoms with E-state index in [9.17, 15) is 13.2 Å². The van der Waals surface area contributed by atoms with E-state index in [1.165, 1.54) is 28.6 Å². The van der Waals surface area contributed by atoms with Crippen molar-refractivity contribution in [3.8, 4) is 0 Å². The number of amides is 1. The highest BCUT2D eigenvalue weighted by molar-refractivity contribution is 7.89. The number of carbonyl (C=O) groups is 1. The summed E-state index contributed by atoms with van der Waals surface area (Å²) in [5.74, 6) is 0.115. The van der Waals surface area contributed by atoms with Crippen molar-refractivity contribution in [1.82, 2.24) is 4.31 Å². The van der Waals surface area contributed by atoms with Crippen LogP contribution in [0.25, 0.3) is 0 Å². The molecule has 0 atom stereocenters. The molecule has 2 aromatic carbocycles. The SMILES string of the molecule is Cc1ccc(Cl)cc1NC(=O)c1ccc(S(=O)(=O)N(CC(C)C)CC(C)C)cc1. The van der Waals surface area contributed by atoms with Crippen molar-refractivity contribution in [3.63, 3.8) is 0 Å². The van der Waals surface area contributed by atoms with E-state index in [0.29, 0.717) is 29.4 Å². The van der Waals surface area contributed by atoms with Gasteiger partial charge < -0.3 is 5.32 Å². The molecule has 0 saturated carbocycles. The summed E-state index contributed by atoms with van der Waals surface area (Å²) in [5, 5.41) is 3.35. The number of hydrogen-bond donors (Lipinski definition) is 1. The molecule has 158 valence electrons. The van der Waals surface area contributed by atoms with Gasteiger partial charge in [0.15, 0.2) is 0 Å². The van der Waals surface area contributed by atoms with Crippen LogP contribution in [0.3, 0.4) is 0 Å². The monoisotopic (exact) mass is 436 g/mol. The minimum atomic E-state index is -3.62. The largest absolute Gasteiger partial charge is 0.322 e. The van der Waals surface area contributed by atoms with E-state index < -0.39 is 10.0 Å². The van der Waals surface area contributed by atoms with Gasteiger partial charge in [-0.1, -0.05) is 45.4 Å². The van der Waals surface area contributed by atoms with Crippen molar-refractivity contribution < 1.29 is 13.2 Å². The Morgan fingerprint density at radius 1 is 1.00 bits per heavy atom. The zero-order chi connectivity index (χ0) is 21.8. The van der Waals surface area contributed by atoms with Gasteiger partial charge in [0.1, 0.15) is 0 Å². The van der Waals surface area contributed by atoms with Gasteiger partial charge in [-0.25, -0.2) is 8.42 Å². The van der Waals surface area contributed by atoms with E-state index in [-0.39, 0.29) is 22.6 Å². The number of sulfonamides is 1. The van der Waals surface area contributed by atoms with Crippen molar-refractivity contribution in [1.29, 1.82) is 0 Å². The zero-order valence-electron chi connectivity index (χ0n) is 17.6. The number of nitrogens with zero attached hydrogens (tertiary/aromatic N) is 1. The van der Waals surface area contributed by atoms with Gasteiger partial charge >= 0.3 is 0 Å². The predicted octanol–water partition coefficient (Wildman–Crippen LogP) is 5.20. The second-order valence-electron chi connectivity index (χ2n) is 8.05. The van der Waals surface area contributed by atoms with E-state index in [2.05, 4.69) is 5.32 Å². The molecular weight excluding hydrogens is 408 g/mol. The molecule has 0 saturated heterocycles. The standard InChI is InChI=1S/C22H29ClN2O3S/c1-15(2)13-25(14-16(3)4)29(27,28)20-10-7-18(8-11-20)22(26)24-21-12-19(23)9-6-17(21)5/h6-12,15-16H,13-14H2,1-5H3,(H,24,26). The van der Waals surface area contributed by atoms with Crippen LogP contribution in [0, 0.1) is 18.8 Å². The van der Waals surface area contributed by atoms with E-state index >= 15 is 0 Å². The quantitative estimate of drug-likeness (QED) is 0.618. The summed E-state index contributed by atoms with van der Waals surface area (Å²) in [5.41, 5.74) is 1.89. The van der Waals surface area contributed by atoms with Crippen molar-refractivity contribution >= 4 is 33.2 Å². The summed E-state index contributed by atoms with van der Waals surface area (Å²) < 4.78 is 27.7. The summed E-state index contributed by atoms with van der Waals surface area (Å²) in [7, 11) is -3.62. The highest BCUT2D eigenvalue weighted by Gasteiger charge is 2.26. The maximum Gasteiger partial charge on any atom is 0.255 e. The second kappa shape index (κ2) is 9.74. The first-order valence-corrected chi connectivity index (χ1v) is 11.5. The molecule has 7 heteroatoms. The molecular formula is C22H29ClN2O3S. The number of nitrogens with one attached hydrogen (secondary N) is 1. The van der Waals surface area contributed by atoms with Gasteiger partial charge in [0.2, 0.25) is 10.0 Å². The van der Waals surface area contributed by atoms with Crippen LogP contribution >= 0.6 is 11.6 Å². The Bertz CT molecular complexity index is 945. The number of carbonyl (C=O) groups excluding carboxylic acids is 1. The Morgan fingerprint density at radius 3 is 2.07 bits per heavy atom. The zero-order valence-corrected chi connectivity index (χ0v) is 19.1. The first-order chi connectivity index (χ1) is 13.5. The number of rotatable bonds is 8. The Labute approximate surface area is 179 Å². The van der Waals surface area contributed by atoms with Gasteiger partial charge in [-0.3, -0.25) is 4.79 Å². The van der Waals surface area contributed by atoms with Crippen LogP contribution in [0.4, 0.5) is 5.69 Å². The third-order valence-corrected chi connectivity index (χ3v) is 6.42. The molecule has 0 unspecified atom stereocenters. The summed E-state index contributed by atoms with van der Waals surface area (Å²) in [6.07, 6.45) is 0. The van der Waals surface area contributed by atoms with Crippen LogP contribution in [-0.2, 0) is 10.0 Å². The predicted molar refractivity (Wildman–Crippen MR) is 119 cm³/mol. The minimum absolute atomic E-state index is 0.189. The molecule has 1 N–H and O–H groups in total. The Hall–Kier alpha value is -1.89. The molecule has 2 aromatic rings. The smallest absolute Gasteiger partial charge is 0.255 e. The molecule has 0 aliphatic heterocycles. The lowest BCUT2D eigenvalue weighted by atomic mass is 10.1. The van der Waals surface area contributed by atoms with Crippen molar-refractivity contribution in [2.45, 2.75) is 39.5 Å². The fourth-order valence-corrected chi connectivity index (χ4v) is 4.88. The highest BCUT2D eigenvalue weighted by Crippen LogP contribution is 2.22. The van der Waals surface area contributed by atoms with Gasteiger partial charge in [0, 0.05) is 29.4 Å². The second-order valence-corrected chi connectivity index (χ2v) is 10.4. The van der Waals surface area contributed by atoms with E-state index in [4.69, 9.17) is 11.6 Å². The van der Waals surface area contributed by atoms with E-state index in [0.717, 1.165) is 5.56 Å². The van der Waals surface area contributed by atoms with Gasteiger partial charge in [0.25, 0.3) is 5.91 Å². The molecule has 2 rings (SSSR count). The minimum Gasteiger partial charge on any atom is -0.322 e. The van der Waals surface area contributed by atoms with Crippen LogP contribution in [0.2, 0.25) is 5.02 Å². The van der Waals surface area contributed by atoms with Crippen molar-refractivity contribution in [2.24, 2.45) is 11.8 Å². The maximum atomic E-state index is 13.1. The molecule has 0 spiro atoms. The Balaban J connectivity index is 2.23. The third-order valence-electron chi connectivity index (χ3n) is 4.34. The average Bonchev–Trinajstić information content (AvgIpc) is 2.63. The third kappa shape index (κ3) is 6.29. The first kappa shape index (κ1) is 23.4. The van der Waals surface area contributed by atoms with Crippen molar-refractivity contribution in [3.05, 3.63) is 58.6 Å². The summed E-state index contributed by atoms with van der Waals surface area (Å²) in [4.78, 5) is 12.7. The fraction of sp³-hybridized carbons (Fsp3) is 0.409.